The van der Waals surface area contributed by atoms with E-state index < -0.39 is 0 Å². The lowest BCUT2D eigenvalue weighted by Crippen LogP contribution is -2.88. The van der Waals surface area contributed by atoms with Crippen molar-refractivity contribution < 1.29 is 4.42 Å². The topological polar surface area (TPSA) is 16.4 Å². The molecule has 1 aromatic heterocycles. The molecule has 7 aromatic carbocycles. The summed E-state index contributed by atoms with van der Waals surface area (Å²) >= 11 is 0. The molecule has 2 nitrogen and oxygen atoms in total. The van der Waals surface area contributed by atoms with Gasteiger partial charge in [-0.2, -0.15) is 0 Å². The van der Waals surface area contributed by atoms with Gasteiger partial charge in [0.2, 0.25) is 0 Å². The first-order chi connectivity index (χ1) is 27.5. The maximum absolute atomic E-state index is 6.53. The minimum Gasteiger partial charge on any atom is -0.456 e. The molecule has 4 fully saturated rings. The van der Waals surface area contributed by atoms with Gasteiger partial charge in [-0.05, 0) is 153 Å². The SMILES string of the molecule is CC1(C)c2ccccc2-c2ccc(N(c3ccc4c(c3)-c3cc(-c5ccccc5)ccc3C43C4CC5CC6CC3C564)c3ccc4c(c3)oc3ccccc34)cc21. The van der Waals surface area contributed by atoms with E-state index in [4.69, 9.17) is 4.42 Å². The zero-order valence-corrected chi connectivity index (χ0v) is 31.7. The van der Waals surface area contributed by atoms with E-state index in [0.717, 1.165) is 51.3 Å². The molecule has 14 rings (SSSR count). The summed E-state index contributed by atoms with van der Waals surface area (Å²) in [7, 11) is 0. The fourth-order valence-corrected chi connectivity index (χ4v) is 14.1. The second-order valence-corrected chi connectivity index (χ2v) is 18.4. The Balaban J connectivity index is 0.988. The van der Waals surface area contributed by atoms with Gasteiger partial charge in [0.15, 0.2) is 0 Å². The van der Waals surface area contributed by atoms with E-state index in [-0.39, 0.29) is 10.8 Å². The highest BCUT2D eigenvalue weighted by Gasteiger charge is 2.90. The van der Waals surface area contributed by atoms with Gasteiger partial charge in [-0.15, -0.1) is 0 Å². The molecule has 8 aromatic rings. The fraction of sp³-hybridized carbons (Fsp3) is 0.222. The van der Waals surface area contributed by atoms with E-state index >= 15 is 0 Å². The molecule has 4 atom stereocenters. The monoisotopic (exact) mass is 719 g/mol. The van der Waals surface area contributed by atoms with Crippen LogP contribution in [-0.4, -0.2) is 0 Å². The first-order valence-corrected chi connectivity index (χ1v) is 20.8. The Morgan fingerprint density at radius 1 is 0.464 bits per heavy atom. The van der Waals surface area contributed by atoms with Gasteiger partial charge >= 0.3 is 0 Å². The average Bonchev–Trinajstić information content (AvgIpc) is 3.80. The van der Waals surface area contributed by atoms with Crippen LogP contribution in [0.4, 0.5) is 17.1 Å². The van der Waals surface area contributed by atoms with Gasteiger partial charge in [0.25, 0.3) is 0 Å². The Kier molecular flexibility index (Phi) is 5.38. The van der Waals surface area contributed by atoms with Gasteiger partial charge in [-0.25, -0.2) is 0 Å². The fourth-order valence-electron chi connectivity index (χ4n) is 14.1. The summed E-state index contributed by atoms with van der Waals surface area (Å²) < 4.78 is 6.53. The Bertz CT molecular complexity index is 3020. The van der Waals surface area contributed by atoms with E-state index in [1.54, 1.807) is 11.1 Å². The summed E-state index contributed by atoms with van der Waals surface area (Å²) in [4.78, 5) is 2.49. The predicted octanol–water partition coefficient (Wildman–Crippen LogP) is 14.0. The maximum atomic E-state index is 6.53. The average molecular weight is 720 g/mol. The number of rotatable bonds is 4. The number of nitrogens with zero attached hydrogens (tertiary/aromatic N) is 1. The van der Waals surface area contributed by atoms with Crippen molar-refractivity contribution in [1.82, 2.24) is 0 Å². The summed E-state index contributed by atoms with van der Waals surface area (Å²) in [5.74, 6) is 3.54. The zero-order valence-electron chi connectivity index (χ0n) is 31.7. The van der Waals surface area contributed by atoms with Crippen LogP contribution in [0.3, 0.4) is 0 Å². The third kappa shape index (κ3) is 3.30. The van der Waals surface area contributed by atoms with Gasteiger partial charge < -0.3 is 9.32 Å². The smallest absolute Gasteiger partial charge is 0.137 e. The van der Waals surface area contributed by atoms with Crippen LogP contribution in [0.2, 0.25) is 0 Å². The minimum atomic E-state index is -0.101. The van der Waals surface area contributed by atoms with Crippen LogP contribution in [0, 0.1) is 29.1 Å². The first-order valence-electron chi connectivity index (χ1n) is 20.8. The lowest BCUT2D eigenvalue weighted by molar-refractivity contribution is -0.412. The molecule has 0 bridgehead atoms. The number of hydrogen-bond donors (Lipinski definition) is 0. The van der Waals surface area contributed by atoms with Crippen LogP contribution in [0.25, 0.3) is 55.3 Å². The van der Waals surface area contributed by atoms with Crippen molar-refractivity contribution in [1.29, 1.82) is 0 Å². The highest BCUT2D eigenvalue weighted by molar-refractivity contribution is 6.06. The Labute approximate surface area is 327 Å². The normalized spacial score (nSPS) is 27.2. The molecule has 2 spiro atoms. The molecule has 56 heavy (non-hydrogen) atoms. The lowest BCUT2D eigenvalue weighted by Gasteiger charge is -2.92. The Hall–Kier alpha value is -5.86. The van der Waals surface area contributed by atoms with Crippen molar-refractivity contribution in [2.24, 2.45) is 29.1 Å². The maximum Gasteiger partial charge on any atom is 0.137 e. The summed E-state index contributed by atoms with van der Waals surface area (Å²) in [6.07, 6.45) is 4.30. The van der Waals surface area contributed by atoms with Gasteiger partial charge in [0.1, 0.15) is 11.2 Å². The van der Waals surface area contributed by atoms with Crippen LogP contribution in [0.1, 0.15) is 55.4 Å². The Morgan fingerprint density at radius 2 is 1.11 bits per heavy atom. The molecular weight excluding hydrogens is 679 g/mol. The molecule has 268 valence electrons. The van der Waals surface area contributed by atoms with Gasteiger partial charge in [0, 0.05) is 44.7 Å². The van der Waals surface area contributed by atoms with Crippen molar-refractivity contribution >= 4 is 39.0 Å². The molecule has 0 amide bonds. The number of fused-ring (bicyclic) bond motifs is 13. The molecule has 4 saturated carbocycles. The molecule has 0 radical (unpaired) electrons. The number of hydrogen-bond acceptors (Lipinski definition) is 2. The number of anilines is 3. The van der Waals surface area contributed by atoms with E-state index in [2.05, 4.69) is 170 Å². The molecule has 6 aliphatic carbocycles. The number of para-hydroxylation sites is 1. The van der Waals surface area contributed by atoms with Crippen LogP contribution >= 0.6 is 0 Å². The second-order valence-electron chi connectivity index (χ2n) is 18.4. The lowest BCUT2D eigenvalue weighted by atomic mass is 9.11. The largest absolute Gasteiger partial charge is 0.456 e. The highest BCUT2D eigenvalue weighted by atomic mass is 16.3. The van der Waals surface area contributed by atoms with Crippen LogP contribution in [0.5, 0.6) is 0 Å². The quantitative estimate of drug-likeness (QED) is 0.180. The second kappa shape index (κ2) is 9.92. The van der Waals surface area contributed by atoms with E-state index in [1.165, 1.54) is 75.1 Å². The Morgan fingerprint density at radius 3 is 1.95 bits per heavy atom. The minimum absolute atomic E-state index is 0.101. The molecule has 2 heteroatoms. The molecule has 0 saturated heterocycles. The van der Waals surface area contributed by atoms with E-state index in [9.17, 15) is 0 Å². The van der Waals surface area contributed by atoms with Crippen LogP contribution < -0.4 is 4.90 Å². The van der Waals surface area contributed by atoms with Crippen molar-refractivity contribution in [3.63, 3.8) is 0 Å². The van der Waals surface area contributed by atoms with Crippen LogP contribution in [-0.2, 0) is 10.8 Å². The summed E-state index contributed by atoms with van der Waals surface area (Å²) in [6, 6.07) is 57.3. The number of benzene rings is 7. The molecule has 0 N–H and O–H groups in total. The van der Waals surface area contributed by atoms with Gasteiger partial charge in [-0.1, -0.05) is 111 Å². The van der Waals surface area contributed by atoms with Gasteiger partial charge in [-0.3, -0.25) is 0 Å². The summed E-state index contributed by atoms with van der Waals surface area (Å²) in [5, 5.41) is 2.31. The van der Waals surface area contributed by atoms with Crippen molar-refractivity contribution in [3.8, 4) is 33.4 Å². The number of furan rings is 1. The first kappa shape index (κ1) is 30.4. The molecule has 0 aliphatic heterocycles. The van der Waals surface area contributed by atoms with E-state index in [1.807, 2.05) is 0 Å². The molecule has 4 unspecified atom stereocenters. The summed E-state index contributed by atoms with van der Waals surface area (Å²) in [6.45, 7) is 4.76. The van der Waals surface area contributed by atoms with E-state index in [0.29, 0.717) is 5.41 Å². The molecule has 6 aliphatic rings. The van der Waals surface area contributed by atoms with Crippen molar-refractivity contribution in [3.05, 3.63) is 174 Å². The molecule has 1 heterocycles. The van der Waals surface area contributed by atoms with Crippen LogP contribution in [0.15, 0.2) is 156 Å². The zero-order chi connectivity index (χ0) is 36.7. The standard InChI is InChI=1S/C54H41NO/c1-52(2)44-14-8-6-12-38(44)39-20-17-36(29-47(39)52)55(37-18-21-41-40-13-7-9-15-48(40)56-49(41)30-37)35-19-23-46-43(28-35)42-24-32(31-10-4-3-5-11-31)16-22-45(42)54(46)50-26-33-25-34-27-51(54)53(33,34)50/h3-24,28-30,33-34,50-51H,25-27H2,1-2H3. The third-order valence-electron chi connectivity index (χ3n) is 16.3. The summed E-state index contributed by atoms with van der Waals surface area (Å²) in [5.41, 5.74) is 20.2. The highest BCUT2D eigenvalue weighted by Crippen LogP contribution is 2.94. The van der Waals surface area contributed by atoms with Gasteiger partial charge in [0.05, 0.1) is 0 Å². The van der Waals surface area contributed by atoms with Crippen molar-refractivity contribution in [2.75, 3.05) is 4.90 Å². The molecular formula is C54H41NO. The van der Waals surface area contributed by atoms with Crippen molar-refractivity contribution in [2.45, 2.75) is 43.9 Å². The third-order valence-corrected chi connectivity index (χ3v) is 16.3. The predicted molar refractivity (Wildman–Crippen MR) is 228 cm³/mol.